The average molecular weight is 397 g/mol. The molecule has 0 unspecified atom stereocenters. The summed E-state index contributed by atoms with van der Waals surface area (Å²) in [5, 5.41) is 17.7. The monoisotopic (exact) mass is 397 g/mol. The van der Waals surface area contributed by atoms with Crippen LogP contribution >= 0.6 is 0 Å². The summed E-state index contributed by atoms with van der Waals surface area (Å²) in [6.07, 6.45) is 1.39. The summed E-state index contributed by atoms with van der Waals surface area (Å²) in [5.74, 6) is -0.641. The number of carbonyl (C=O) groups is 2. The highest BCUT2D eigenvalue weighted by atomic mass is 16.6. The molecule has 0 aromatic heterocycles. The molecule has 0 fully saturated rings. The van der Waals surface area contributed by atoms with Gasteiger partial charge in [-0.1, -0.05) is 0 Å². The number of hydrogen-bond donors (Lipinski definition) is 2. The molecule has 29 heavy (non-hydrogen) atoms. The highest BCUT2D eigenvalue weighted by molar-refractivity contribution is 5.96. The van der Waals surface area contributed by atoms with Crippen molar-refractivity contribution < 1.29 is 14.5 Å². The Labute approximate surface area is 168 Å². The molecule has 2 N–H and O–H groups in total. The third-order valence-electron chi connectivity index (χ3n) is 4.16. The summed E-state index contributed by atoms with van der Waals surface area (Å²) in [6, 6.07) is 10.9. The number of hydrogen-bond acceptors (Lipinski definition) is 6. The van der Waals surface area contributed by atoms with Crippen molar-refractivity contribution in [1.82, 2.24) is 5.43 Å². The summed E-state index contributed by atoms with van der Waals surface area (Å²) in [4.78, 5) is 35.9. The van der Waals surface area contributed by atoms with E-state index in [1.54, 1.807) is 30.3 Å². The molecule has 2 amide bonds. The van der Waals surface area contributed by atoms with Gasteiger partial charge < -0.3 is 10.2 Å². The lowest BCUT2D eigenvalue weighted by Gasteiger charge is -2.22. The van der Waals surface area contributed by atoms with Gasteiger partial charge in [-0.2, -0.15) is 5.10 Å². The first-order valence-electron chi connectivity index (χ1n) is 9.10. The molecule has 0 saturated heterocycles. The Bertz CT molecular complexity index is 921. The Balaban J connectivity index is 2.17. The maximum Gasteiger partial charge on any atom is 0.271 e. The molecule has 0 bridgehead atoms. The maximum atomic E-state index is 12.2. The SMILES string of the molecule is CCN(CC)c1ccc([N+](=O)[O-])cc1C=NNC(=O)c1ccc(NC(C)=O)cc1. The van der Waals surface area contributed by atoms with E-state index < -0.39 is 10.8 Å². The van der Waals surface area contributed by atoms with Crippen LogP contribution < -0.4 is 15.6 Å². The van der Waals surface area contributed by atoms with Gasteiger partial charge in [0.05, 0.1) is 11.1 Å². The number of benzene rings is 2. The van der Waals surface area contributed by atoms with Gasteiger partial charge in [0.2, 0.25) is 5.91 Å². The molecular formula is C20H23N5O4. The van der Waals surface area contributed by atoms with Crippen molar-refractivity contribution >= 4 is 35.1 Å². The van der Waals surface area contributed by atoms with Crippen LogP contribution in [0, 0.1) is 10.1 Å². The second-order valence-electron chi connectivity index (χ2n) is 6.13. The topological polar surface area (TPSA) is 117 Å². The number of nitro benzene ring substituents is 1. The number of rotatable bonds is 8. The van der Waals surface area contributed by atoms with E-state index in [0.717, 1.165) is 18.8 Å². The third-order valence-corrected chi connectivity index (χ3v) is 4.16. The van der Waals surface area contributed by atoms with Crippen LogP contribution in [0.2, 0.25) is 0 Å². The number of hydrazone groups is 1. The van der Waals surface area contributed by atoms with Crippen molar-refractivity contribution in [2.75, 3.05) is 23.3 Å². The Morgan fingerprint density at radius 3 is 2.34 bits per heavy atom. The van der Waals surface area contributed by atoms with Crippen LogP contribution in [-0.2, 0) is 4.79 Å². The molecule has 0 heterocycles. The highest BCUT2D eigenvalue weighted by Crippen LogP contribution is 2.24. The standard InChI is InChI=1S/C20H23N5O4/c1-4-24(5-2)19-11-10-18(25(28)29)12-16(19)13-21-23-20(27)15-6-8-17(9-7-15)22-14(3)26/h6-13H,4-5H2,1-3H3,(H,22,26)(H,23,27). The molecule has 9 heteroatoms. The van der Waals surface area contributed by atoms with Gasteiger partial charge in [0.25, 0.3) is 11.6 Å². The number of amides is 2. The number of nitro groups is 1. The third kappa shape index (κ3) is 5.86. The van der Waals surface area contributed by atoms with Crippen LogP contribution in [0.5, 0.6) is 0 Å². The summed E-state index contributed by atoms with van der Waals surface area (Å²) < 4.78 is 0. The predicted molar refractivity (Wildman–Crippen MR) is 112 cm³/mol. The zero-order valence-corrected chi connectivity index (χ0v) is 16.5. The van der Waals surface area contributed by atoms with Gasteiger partial charge >= 0.3 is 0 Å². The van der Waals surface area contributed by atoms with E-state index in [1.807, 2.05) is 18.7 Å². The van der Waals surface area contributed by atoms with Gasteiger partial charge in [0.15, 0.2) is 0 Å². The van der Waals surface area contributed by atoms with Gasteiger partial charge in [-0.05, 0) is 44.2 Å². The van der Waals surface area contributed by atoms with Crippen LogP contribution in [0.1, 0.15) is 36.7 Å². The molecule has 152 valence electrons. The quantitative estimate of drug-likeness (QED) is 0.403. The van der Waals surface area contributed by atoms with Crippen LogP contribution in [-0.4, -0.2) is 36.0 Å². The molecule has 2 aromatic carbocycles. The van der Waals surface area contributed by atoms with E-state index in [2.05, 4.69) is 15.8 Å². The van der Waals surface area contributed by atoms with Crippen LogP contribution in [0.15, 0.2) is 47.6 Å². The number of non-ortho nitro benzene ring substituents is 1. The lowest BCUT2D eigenvalue weighted by molar-refractivity contribution is -0.384. The largest absolute Gasteiger partial charge is 0.372 e. The second-order valence-corrected chi connectivity index (χ2v) is 6.13. The summed E-state index contributed by atoms with van der Waals surface area (Å²) in [6.45, 7) is 6.82. The fourth-order valence-electron chi connectivity index (χ4n) is 2.74. The summed E-state index contributed by atoms with van der Waals surface area (Å²) in [5.41, 5.74) is 4.62. The predicted octanol–water partition coefficient (Wildman–Crippen LogP) is 3.16. The van der Waals surface area contributed by atoms with E-state index in [0.29, 0.717) is 16.8 Å². The molecular weight excluding hydrogens is 374 g/mol. The van der Waals surface area contributed by atoms with Gasteiger partial charge in [-0.15, -0.1) is 0 Å². The van der Waals surface area contributed by atoms with Crippen molar-refractivity contribution in [3.8, 4) is 0 Å². The molecule has 0 atom stereocenters. The second kappa shape index (κ2) is 9.98. The average Bonchev–Trinajstić information content (AvgIpc) is 2.69. The Kier molecular flexibility index (Phi) is 7.41. The molecule has 0 spiro atoms. The van der Waals surface area contributed by atoms with E-state index in [4.69, 9.17) is 0 Å². The molecule has 0 aliphatic carbocycles. The lowest BCUT2D eigenvalue weighted by atomic mass is 10.1. The maximum absolute atomic E-state index is 12.2. The first kappa shape index (κ1) is 21.5. The number of nitrogens with zero attached hydrogens (tertiary/aromatic N) is 3. The van der Waals surface area contributed by atoms with Gasteiger partial charge in [0.1, 0.15) is 0 Å². The lowest BCUT2D eigenvalue weighted by Crippen LogP contribution is -2.23. The van der Waals surface area contributed by atoms with Crippen LogP contribution in [0.25, 0.3) is 0 Å². The first-order chi connectivity index (χ1) is 13.8. The fourth-order valence-corrected chi connectivity index (χ4v) is 2.74. The summed E-state index contributed by atoms with van der Waals surface area (Å²) >= 11 is 0. The zero-order chi connectivity index (χ0) is 21.4. The molecule has 0 radical (unpaired) electrons. The summed E-state index contributed by atoms with van der Waals surface area (Å²) in [7, 11) is 0. The van der Waals surface area contributed by atoms with Gasteiger partial charge in [0, 0.05) is 54.6 Å². The molecule has 9 nitrogen and oxygen atoms in total. The Morgan fingerprint density at radius 2 is 1.79 bits per heavy atom. The van der Waals surface area contributed by atoms with Gasteiger partial charge in [-0.25, -0.2) is 5.43 Å². The minimum absolute atomic E-state index is 0.0535. The van der Waals surface area contributed by atoms with Crippen molar-refractivity contribution in [3.05, 3.63) is 63.7 Å². The zero-order valence-electron chi connectivity index (χ0n) is 16.5. The van der Waals surface area contributed by atoms with Gasteiger partial charge in [-0.3, -0.25) is 19.7 Å². The van der Waals surface area contributed by atoms with Crippen molar-refractivity contribution in [2.45, 2.75) is 20.8 Å². The minimum Gasteiger partial charge on any atom is -0.372 e. The molecule has 0 saturated carbocycles. The van der Waals surface area contributed by atoms with Crippen molar-refractivity contribution in [3.63, 3.8) is 0 Å². The van der Waals surface area contributed by atoms with Crippen molar-refractivity contribution in [2.24, 2.45) is 5.10 Å². The minimum atomic E-state index is -0.474. The molecule has 0 aliphatic heterocycles. The number of nitrogens with one attached hydrogen (secondary N) is 2. The molecule has 2 rings (SSSR count). The van der Waals surface area contributed by atoms with Crippen LogP contribution in [0.4, 0.5) is 17.1 Å². The Morgan fingerprint density at radius 1 is 1.14 bits per heavy atom. The van der Waals surface area contributed by atoms with E-state index in [-0.39, 0.29) is 11.6 Å². The fraction of sp³-hybridized carbons (Fsp3) is 0.250. The van der Waals surface area contributed by atoms with E-state index in [1.165, 1.54) is 25.3 Å². The molecule has 0 aliphatic rings. The van der Waals surface area contributed by atoms with Crippen molar-refractivity contribution in [1.29, 1.82) is 0 Å². The Hall–Kier alpha value is -3.75. The normalized spacial score (nSPS) is 10.6. The van der Waals surface area contributed by atoms with E-state index in [9.17, 15) is 19.7 Å². The first-order valence-corrected chi connectivity index (χ1v) is 9.10. The number of carbonyl (C=O) groups excluding carboxylic acids is 2. The van der Waals surface area contributed by atoms with E-state index >= 15 is 0 Å². The van der Waals surface area contributed by atoms with Crippen LogP contribution in [0.3, 0.4) is 0 Å². The smallest absolute Gasteiger partial charge is 0.271 e. The number of anilines is 2. The molecule has 2 aromatic rings. The highest BCUT2D eigenvalue weighted by Gasteiger charge is 2.13.